The Bertz CT molecular complexity index is 445. The van der Waals surface area contributed by atoms with Crippen molar-refractivity contribution < 1.29 is 19.1 Å². The van der Waals surface area contributed by atoms with Gasteiger partial charge in [0.05, 0.1) is 5.92 Å². The monoisotopic (exact) mass is 237 g/mol. The maximum atomic E-state index is 11.9. The van der Waals surface area contributed by atoms with Crippen LogP contribution in [0.25, 0.3) is 0 Å². The Labute approximate surface area is 99.0 Å². The van der Waals surface area contributed by atoms with Gasteiger partial charge < -0.3 is 14.4 Å². The highest BCUT2D eigenvalue weighted by molar-refractivity contribution is 5.92. The highest BCUT2D eigenvalue weighted by Gasteiger charge is 2.38. The lowest BCUT2D eigenvalue weighted by atomic mass is 9.87. The maximum Gasteiger partial charge on any atom is 0.306 e. The molecule has 1 N–H and O–H groups in total. The zero-order chi connectivity index (χ0) is 12.6. The summed E-state index contributed by atoms with van der Waals surface area (Å²) in [5.74, 6) is -0.305. The summed E-state index contributed by atoms with van der Waals surface area (Å²) in [7, 11) is 0. The highest BCUT2D eigenvalue weighted by Crippen LogP contribution is 2.26. The lowest BCUT2D eigenvalue weighted by molar-refractivity contribution is -0.144. The van der Waals surface area contributed by atoms with Crippen LogP contribution in [0.1, 0.15) is 23.2 Å². The first-order valence-electron chi connectivity index (χ1n) is 5.57. The Balaban J connectivity index is 1.92. The molecule has 1 saturated heterocycles. The van der Waals surface area contributed by atoms with Crippen molar-refractivity contribution in [1.82, 2.24) is 4.90 Å². The molecule has 1 fully saturated rings. The van der Waals surface area contributed by atoms with E-state index in [1.807, 2.05) is 0 Å². The van der Waals surface area contributed by atoms with Crippen LogP contribution in [-0.4, -0.2) is 35.0 Å². The highest BCUT2D eigenvalue weighted by atomic mass is 16.4. The topological polar surface area (TPSA) is 70.8 Å². The van der Waals surface area contributed by atoms with Crippen LogP contribution in [0, 0.1) is 18.8 Å². The van der Waals surface area contributed by atoms with E-state index in [4.69, 9.17) is 9.52 Å². The summed E-state index contributed by atoms with van der Waals surface area (Å²) in [4.78, 5) is 24.2. The van der Waals surface area contributed by atoms with E-state index in [0.717, 1.165) is 0 Å². The third-order valence-corrected chi connectivity index (χ3v) is 3.24. The van der Waals surface area contributed by atoms with E-state index in [1.165, 1.54) is 0 Å². The number of aryl methyl sites for hydroxylation is 1. The first-order valence-corrected chi connectivity index (χ1v) is 5.57. The molecule has 0 radical (unpaired) electrons. The van der Waals surface area contributed by atoms with Crippen molar-refractivity contribution in [2.24, 2.45) is 11.8 Å². The molecule has 5 heteroatoms. The van der Waals surface area contributed by atoms with Crippen molar-refractivity contribution in [2.45, 2.75) is 13.8 Å². The second-order valence-electron chi connectivity index (χ2n) is 4.51. The molecule has 1 unspecified atom stereocenters. The first kappa shape index (κ1) is 11.7. The molecule has 1 aliphatic heterocycles. The Morgan fingerprint density at radius 3 is 2.59 bits per heavy atom. The number of furan rings is 1. The molecule has 1 amide bonds. The number of carbonyl (C=O) groups excluding carboxylic acids is 1. The van der Waals surface area contributed by atoms with Gasteiger partial charge in [-0.15, -0.1) is 0 Å². The molecule has 1 aliphatic rings. The molecule has 1 aromatic rings. The van der Waals surface area contributed by atoms with Gasteiger partial charge in [-0.1, -0.05) is 6.92 Å². The standard InChI is InChI=1S/C12H15NO4/c1-7-3-4-10(17-7)11(14)13-5-9(6-13)8(2)12(15)16/h3-4,8-9H,5-6H2,1-2H3,(H,15,16). The zero-order valence-corrected chi connectivity index (χ0v) is 9.84. The smallest absolute Gasteiger partial charge is 0.306 e. The Kier molecular flexibility index (Phi) is 2.92. The second-order valence-corrected chi connectivity index (χ2v) is 4.51. The van der Waals surface area contributed by atoms with Crippen molar-refractivity contribution in [3.63, 3.8) is 0 Å². The molecule has 92 valence electrons. The van der Waals surface area contributed by atoms with Crippen molar-refractivity contribution in [1.29, 1.82) is 0 Å². The van der Waals surface area contributed by atoms with Gasteiger partial charge in [0.15, 0.2) is 5.76 Å². The number of carbonyl (C=O) groups is 2. The van der Waals surface area contributed by atoms with Crippen LogP contribution < -0.4 is 0 Å². The number of aliphatic carboxylic acids is 1. The number of likely N-dealkylation sites (tertiary alicyclic amines) is 1. The van der Waals surface area contributed by atoms with Gasteiger partial charge in [0.1, 0.15) is 5.76 Å². The molecule has 5 nitrogen and oxygen atoms in total. The summed E-state index contributed by atoms with van der Waals surface area (Å²) in [5.41, 5.74) is 0. The van der Waals surface area contributed by atoms with Gasteiger partial charge in [-0.05, 0) is 19.1 Å². The van der Waals surface area contributed by atoms with E-state index in [0.29, 0.717) is 24.6 Å². The summed E-state index contributed by atoms with van der Waals surface area (Å²) in [6, 6.07) is 3.38. The minimum atomic E-state index is -0.809. The Morgan fingerprint density at radius 1 is 1.47 bits per heavy atom. The minimum absolute atomic E-state index is 0.0486. The van der Waals surface area contributed by atoms with E-state index in [9.17, 15) is 9.59 Å². The van der Waals surface area contributed by atoms with Crippen LogP contribution in [0.5, 0.6) is 0 Å². The summed E-state index contributed by atoms with van der Waals surface area (Å²) < 4.78 is 5.24. The van der Waals surface area contributed by atoms with Gasteiger partial charge in [-0.2, -0.15) is 0 Å². The molecule has 0 saturated carbocycles. The van der Waals surface area contributed by atoms with Crippen LogP contribution >= 0.6 is 0 Å². The van der Waals surface area contributed by atoms with E-state index in [2.05, 4.69) is 0 Å². The molecule has 2 heterocycles. The molecular weight excluding hydrogens is 222 g/mol. The minimum Gasteiger partial charge on any atom is -0.481 e. The van der Waals surface area contributed by atoms with Crippen molar-refractivity contribution >= 4 is 11.9 Å². The fourth-order valence-electron chi connectivity index (χ4n) is 1.90. The summed E-state index contributed by atoms with van der Waals surface area (Å²) in [5, 5.41) is 8.84. The van der Waals surface area contributed by atoms with Gasteiger partial charge in [-0.3, -0.25) is 9.59 Å². The van der Waals surface area contributed by atoms with Gasteiger partial charge in [0.25, 0.3) is 5.91 Å². The van der Waals surface area contributed by atoms with Crippen molar-refractivity contribution in [3.8, 4) is 0 Å². The largest absolute Gasteiger partial charge is 0.481 e. The number of hydrogen-bond donors (Lipinski definition) is 1. The van der Waals surface area contributed by atoms with Crippen LogP contribution in [0.4, 0.5) is 0 Å². The van der Waals surface area contributed by atoms with E-state index in [-0.39, 0.29) is 11.8 Å². The predicted octanol–water partition coefficient (Wildman–Crippen LogP) is 1.38. The van der Waals surface area contributed by atoms with Crippen molar-refractivity contribution in [3.05, 3.63) is 23.7 Å². The molecule has 1 aromatic heterocycles. The fourth-order valence-corrected chi connectivity index (χ4v) is 1.90. The third kappa shape index (κ3) is 2.18. The molecule has 2 rings (SSSR count). The Morgan fingerprint density at radius 2 is 2.12 bits per heavy atom. The number of carboxylic acids is 1. The fraction of sp³-hybridized carbons (Fsp3) is 0.500. The quantitative estimate of drug-likeness (QED) is 0.862. The van der Waals surface area contributed by atoms with Crippen LogP contribution in [0.15, 0.2) is 16.5 Å². The van der Waals surface area contributed by atoms with Gasteiger partial charge in [-0.25, -0.2) is 0 Å². The number of carboxylic acid groups (broad SMARTS) is 1. The van der Waals surface area contributed by atoms with E-state index >= 15 is 0 Å². The van der Waals surface area contributed by atoms with Crippen LogP contribution in [0.3, 0.4) is 0 Å². The van der Waals surface area contributed by atoms with Crippen LogP contribution in [-0.2, 0) is 4.79 Å². The summed E-state index contributed by atoms with van der Waals surface area (Å²) in [6.07, 6.45) is 0. The summed E-state index contributed by atoms with van der Waals surface area (Å²) >= 11 is 0. The average molecular weight is 237 g/mol. The summed E-state index contributed by atoms with van der Waals surface area (Å²) in [6.45, 7) is 4.44. The molecule has 0 bridgehead atoms. The lowest BCUT2D eigenvalue weighted by Gasteiger charge is -2.40. The number of amides is 1. The number of hydrogen-bond acceptors (Lipinski definition) is 3. The number of rotatable bonds is 3. The molecule has 17 heavy (non-hydrogen) atoms. The van der Waals surface area contributed by atoms with Gasteiger partial charge in [0, 0.05) is 19.0 Å². The molecule has 0 aromatic carbocycles. The first-order chi connectivity index (χ1) is 7.99. The zero-order valence-electron chi connectivity index (χ0n) is 9.84. The number of nitrogens with zero attached hydrogens (tertiary/aromatic N) is 1. The third-order valence-electron chi connectivity index (χ3n) is 3.24. The van der Waals surface area contributed by atoms with Crippen molar-refractivity contribution in [2.75, 3.05) is 13.1 Å². The normalized spacial score (nSPS) is 17.6. The molecular formula is C12H15NO4. The Hall–Kier alpha value is -1.78. The molecule has 1 atom stereocenters. The predicted molar refractivity (Wildman–Crippen MR) is 59.6 cm³/mol. The van der Waals surface area contributed by atoms with E-state index in [1.54, 1.807) is 30.9 Å². The van der Waals surface area contributed by atoms with Gasteiger partial charge in [0.2, 0.25) is 0 Å². The maximum absolute atomic E-state index is 11.9. The van der Waals surface area contributed by atoms with Gasteiger partial charge >= 0.3 is 5.97 Å². The lowest BCUT2D eigenvalue weighted by Crippen LogP contribution is -2.53. The molecule has 0 spiro atoms. The SMILES string of the molecule is Cc1ccc(C(=O)N2CC(C(C)C(=O)O)C2)o1. The second kappa shape index (κ2) is 4.24. The average Bonchev–Trinajstić information content (AvgIpc) is 2.62. The van der Waals surface area contributed by atoms with E-state index < -0.39 is 11.9 Å². The van der Waals surface area contributed by atoms with Crippen LogP contribution in [0.2, 0.25) is 0 Å². The molecule has 0 aliphatic carbocycles.